The van der Waals surface area contributed by atoms with Crippen LogP contribution < -0.4 is 14.8 Å². The maximum atomic E-state index is 5.74. The lowest BCUT2D eigenvalue weighted by molar-refractivity contribution is 0.286. The number of nitrogens with one attached hydrogen (secondary N) is 1. The molecule has 0 unspecified atom stereocenters. The quantitative estimate of drug-likeness (QED) is 0.295. The third-order valence-electron chi connectivity index (χ3n) is 4.16. The molecule has 3 aromatic rings. The summed E-state index contributed by atoms with van der Waals surface area (Å²) in [7, 11) is 0. The van der Waals surface area contributed by atoms with Crippen LogP contribution in [0.2, 0.25) is 0 Å². The van der Waals surface area contributed by atoms with Gasteiger partial charge in [0.2, 0.25) is 5.16 Å². The first kappa shape index (κ1) is 22.6. The SMILES string of the molecule is CCOc1cc(CNCCCSc2nnnn2-c2ccccc2)cc(Br)c1OCC. The van der Waals surface area contributed by atoms with E-state index < -0.39 is 0 Å². The molecule has 0 aliphatic heterocycles. The second kappa shape index (κ2) is 11.9. The van der Waals surface area contributed by atoms with Crippen molar-refractivity contribution in [1.29, 1.82) is 0 Å². The lowest BCUT2D eigenvalue weighted by atomic mass is 10.2. The average Bonchev–Trinajstić information content (AvgIpc) is 3.22. The topological polar surface area (TPSA) is 74.1 Å². The minimum atomic E-state index is 0.599. The molecule has 160 valence electrons. The Bertz CT molecular complexity index is 923. The van der Waals surface area contributed by atoms with Crippen molar-refractivity contribution in [2.24, 2.45) is 0 Å². The van der Waals surface area contributed by atoms with Gasteiger partial charge in [0.25, 0.3) is 0 Å². The second-order valence-electron chi connectivity index (χ2n) is 6.36. The molecule has 0 amide bonds. The minimum Gasteiger partial charge on any atom is -0.490 e. The predicted octanol–water partition coefficient (Wildman–Crippen LogP) is 4.49. The Morgan fingerprint density at radius 2 is 1.90 bits per heavy atom. The summed E-state index contributed by atoms with van der Waals surface area (Å²) in [5, 5.41) is 16.3. The Labute approximate surface area is 189 Å². The number of aromatic nitrogens is 4. The largest absolute Gasteiger partial charge is 0.490 e. The van der Waals surface area contributed by atoms with E-state index in [1.165, 1.54) is 0 Å². The van der Waals surface area contributed by atoms with Gasteiger partial charge in [0, 0.05) is 12.3 Å². The van der Waals surface area contributed by atoms with Gasteiger partial charge in [-0.1, -0.05) is 30.0 Å². The molecule has 9 heteroatoms. The van der Waals surface area contributed by atoms with E-state index in [9.17, 15) is 0 Å². The van der Waals surface area contributed by atoms with E-state index in [0.717, 1.165) is 57.6 Å². The summed E-state index contributed by atoms with van der Waals surface area (Å²) < 4.78 is 14.1. The van der Waals surface area contributed by atoms with Crippen LogP contribution in [0.4, 0.5) is 0 Å². The Balaban J connectivity index is 1.46. The van der Waals surface area contributed by atoms with Crippen LogP contribution in [0.5, 0.6) is 11.5 Å². The molecule has 1 heterocycles. The standard InChI is InChI=1S/C21H26BrN5O2S/c1-3-28-19-14-16(13-18(22)20(19)29-4-2)15-23-11-8-12-30-21-24-25-26-27(21)17-9-6-5-7-10-17/h5-7,9-10,13-14,23H,3-4,8,11-12,15H2,1-2H3. The van der Waals surface area contributed by atoms with Crippen molar-refractivity contribution in [2.75, 3.05) is 25.5 Å². The van der Waals surface area contributed by atoms with Gasteiger partial charge in [-0.3, -0.25) is 0 Å². The highest BCUT2D eigenvalue weighted by atomic mass is 79.9. The van der Waals surface area contributed by atoms with Gasteiger partial charge in [-0.05, 0) is 83.0 Å². The number of benzene rings is 2. The molecule has 0 bridgehead atoms. The van der Waals surface area contributed by atoms with Gasteiger partial charge in [-0.15, -0.1) is 5.10 Å². The molecule has 2 aromatic carbocycles. The Morgan fingerprint density at radius 1 is 1.10 bits per heavy atom. The molecular weight excluding hydrogens is 466 g/mol. The number of nitrogens with zero attached hydrogens (tertiary/aromatic N) is 4. The Hall–Kier alpha value is -2.10. The van der Waals surface area contributed by atoms with Gasteiger partial charge in [-0.25, -0.2) is 0 Å². The van der Waals surface area contributed by atoms with Crippen LogP contribution >= 0.6 is 27.7 Å². The van der Waals surface area contributed by atoms with E-state index in [0.29, 0.717) is 13.2 Å². The molecule has 0 atom stereocenters. The van der Waals surface area contributed by atoms with Crippen LogP contribution in [0.1, 0.15) is 25.8 Å². The summed E-state index contributed by atoms with van der Waals surface area (Å²) in [6.45, 7) is 6.80. The second-order valence-corrected chi connectivity index (χ2v) is 8.27. The summed E-state index contributed by atoms with van der Waals surface area (Å²) in [6.07, 6.45) is 1.00. The third-order valence-corrected chi connectivity index (χ3v) is 5.75. The number of hydrogen-bond acceptors (Lipinski definition) is 7. The molecule has 0 saturated carbocycles. The van der Waals surface area contributed by atoms with Gasteiger partial charge in [0.15, 0.2) is 11.5 Å². The normalized spacial score (nSPS) is 10.9. The van der Waals surface area contributed by atoms with Gasteiger partial charge < -0.3 is 14.8 Å². The molecule has 7 nitrogen and oxygen atoms in total. The van der Waals surface area contributed by atoms with Crippen molar-refractivity contribution in [1.82, 2.24) is 25.5 Å². The monoisotopic (exact) mass is 491 g/mol. The zero-order valence-corrected chi connectivity index (χ0v) is 19.6. The predicted molar refractivity (Wildman–Crippen MR) is 123 cm³/mol. The molecule has 1 N–H and O–H groups in total. The van der Waals surface area contributed by atoms with Crippen molar-refractivity contribution in [3.8, 4) is 17.2 Å². The van der Waals surface area contributed by atoms with E-state index in [4.69, 9.17) is 9.47 Å². The summed E-state index contributed by atoms with van der Waals surface area (Å²) in [4.78, 5) is 0. The number of ether oxygens (including phenoxy) is 2. The van der Waals surface area contributed by atoms with Crippen molar-refractivity contribution in [3.63, 3.8) is 0 Å². The van der Waals surface area contributed by atoms with E-state index in [1.807, 2.05) is 50.2 Å². The van der Waals surface area contributed by atoms with Crippen LogP contribution in [-0.4, -0.2) is 45.7 Å². The Morgan fingerprint density at radius 3 is 2.67 bits per heavy atom. The van der Waals surface area contributed by atoms with Gasteiger partial charge >= 0.3 is 0 Å². The van der Waals surface area contributed by atoms with Crippen LogP contribution in [0.15, 0.2) is 52.1 Å². The van der Waals surface area contributed by atoms with Gasteiger partial charge in [0.05, 0.1) is 23.4 Å². The Kier molecular flexibility index (Phi) is 8.98. The summed E-state index contributed by atoms with van der Waals surface area (Å²) >= 11 is 5.25. The van der Waals surface area contributed by atoms with E-state index in [-0.39, 0.29) is 0 Å². The van der Waals surface area contributed by atoms with E-state index in [2.05, 4.69) is 42.8 Å². The fraction of sp³-hybridized carbons (Fsp3) is 0.381. The molecule has 0 saturated heterocycles. The van der Waals surface area contributed by atoms with Crippen LogP contribution in [0.3, 0.4) is 0 Å². The number of hydrogen-bond donors (Lipinski definition) is 1. The zero-order chi connectivity index (χ0) is 21.2. The zero-order valence-electron chi connectivity index (χ0n) is 17.2. The maximum Gasteiger partial charge on any atom is 0.214 e. The highest BCUT2D eigenvalue weighted by molar-refractivity contribution is 9.10. The molecule has 30 heavy (non-hydrogen) atoms. The number of rotatable bonds is 12. The molecule has 0 fully saturated rings. The van der Waals surface area contributed by atoms with Crippen LogP contribution in [-0.2, 0) is 6.54 Å². The van der Waals surface area contributed by atoms with Crippen molar-refractivity contribution >= 4 is 27.7 Å². The molecule has 0 radical (unpaired) electrons. The summed E-state index contributed by atoms with van der Waals surface area (Å²) in [6, 6.07) is 14.0. The van der Waals surface area contributed by atoms with Crippen LogP contribution in [0, 0.1) is 0 Å². The van der Waals surface area contributed by atoms with Crippen LogP contribution in [0.25, 0.3) is 5.69 Å². The number of para-hydroxylation sites is 1. The smallest absolute Gasteiger partial charge is 0.214 e. The minimum absolute atomic E-state index is 0.599. The average molecular weight is 492 g/mol. The lowest BCUT2D eigenvalue weighted by Crippen LogP contribution is -2.15. The van der Waals surface area contributed by atoms with E-state index >= 15 is 0 Å². The molecular formula is C21H26BrN5O2S. The first-order valence-corrected chi connectivity index (χ1v) is 11.8. The number of tetrazole rings is 1. The number of thioether (sulfide) groups is 1. The number of halogens is 1. The fourth-order valence-electron chi connectivity index (χ4n) is 2.86. The van der Waals surface area contributed by atoms with Gasteiger partial charge in [-0.2, -0.15) is 4.68 Å². The highest BCUT2D eigenvalue weighted by Gasteiger charge is 2.12. The molecule has 0 aliphatic rings. The third kappa shape index (κ3) is 6.20. The molecule has 0 spiro atoms. The first-order valence-electron chi connectivity index (χ1n) is 9.98. The lowest BCUT2D eigenvalue weighted by Gasteiger charge is -2.15. The van der Waals surface area contributed by atoms with Crippen molar-refractivity contribution < 1.29 is 9.47 Å². The molecule has 3 rings (SSSR count). The van der Waals surface area contributed by atoms with Crippen molar-refractivity contribution in [2.45, 2.75) is 32.0 Å². The summed E-state index contributed by atoms with van der Waals surface area (Å²) in [5.74, 6) is 2.46. The maximum absolute atomic E-state index is 5.74. The van der Waals surface area contributed by atoms with E-state index in [1.54, 1.807) is 16.4 Å². The van der Waals surface area contributed by atoms with Crippen molar-refractivity contribution in [3.05, 3.63) is 52.5 Å². The molecule has 0 aliphatic carbocycles. The molecule has 1 aromatic heterocycles. The highest BCUT2D eigenvalue weighted by Crippen LogP contribution is 2.37. The fourth-order valence-corrected chi connectivity index (χ4v) is 4.30. The first-order chi connectivity index (χ1) is 14.7. The van der Waals surface area contributed by atoms with Gasteiger partial charge in [0.1, 0.15) is 0 Å². The summed E-state index contributed by atoms with van der Waals surface area (Å²) in [5.41, 5.74) is 2.11.